The molecule has 0 bridgehead atoms. The average Bonchev–Trinajstić information content (AvgIpc) is 3.09. The molecule has 3 nitrogen and oxygen atoms in total. The Balaban J connectivity index is 1.42. The van der Waals surface area contributed by atoms with Gasteiger partial charge in [-0.25, -0.2) is 8.78 Å². The van der Waals surface area contributed by atoms with E-state index in [-0.39, 0.29) is 5.91 Å². The molecule has 0 aromatic heterocycles. The smallest absolute Gasteiger partial charge is 0.220 e. The SMILES string of the molecule is Cc1cccc(CCC(=O)NCC2CCN(c3ccc(F)c(F)c3)C2)c1. The van der Waals surface area contributed by atoms with Gasteiger partial charge in [0, 0.05) is 37.8 Å². The van der Waals surface area contributed by atoms with E-state index in [0.717, 1.165) is 32.0 Å². The molecule has 1 unspecified atom stereocenters. The summed E-state index contributed by atoms with van der Waals surface area (Å²) in [7, 11) is 0. The number of carbonyl (C=O) groups excluding carboxylic acids is 1. The van der Waals surface area contributed by atoms with Crippen molar-refractivity contribution >= 4 is 11.6 Å². The minimum atomic E-state index is -0.828. The maximum absolute atomic E-state index is 13.4. The lowest BCUT2D eigenvalue weighted by Crippen LogP contribution is -2.31. The molecule has 26 heavy (non-hydrogen) atoms. The van der Waals surface area contributed by atoms with E-state index in [0.29, 0.717) is 24.6 Å². The summed E-state index contributed by atoms with van der Waals surface area (Å²) in [5.41, 5.74) is 3.06. The van der Waals surface area contributed by atoms with E-state index in [1.54, 1.807) is 6.07 Å². The maximum atomic E-state index is 13.4. The standard InChI is InChI=1S/C21H24F2N2O/c1-15-3-2-4-16(11-15)5-8-21(26)24-13-17-9-10-25(14-17)18-6-7-19(22)20(23)12-18/h2-4,6-7,11-12,17H,5,8-10,13-14H2,1H3,(H,24,26). The highest BCUT2D eigenvalue weighted by atomic mass is 19.2. The number of amides is 1. The highest BCUT2D eigenvalue weighted by Crippen LogP contribution is 2.25. The molecule has 1 fully saturated rings. The van der Waals surface area contributed by atoms with E-state index in [1.165, 1.54) is 17.2 Å². The predicted molar refractivity (Wildman–Crippen MR) is 99.2 cm³/mol. The minimum Gasteiger partial charge on any atom is -0.371 e. The fourth-order valence-electron chi connectivity index (χ4n) is 3.39. The van der Waals surface area contributed by atoms with Crippen LogP contribution in [0.3, 0.4) is 0 Å². The van der Waals surface area contributed by atoms with Gasteiger partial charge in [-0.15, -0.1) is 0 Å². The monoisotopic (exact) mass is 358 g/mol. The van der Waals surface area contributed by atoms with E-state index in [1.807, 2.05) is 30.0 Å². The fraction of sp³-hybridized carbons (Fsp3) is 0.381. The van der Waals surface area contributed by atoms with Crippen molar-refractivity contribution in [1.82, 2.24) is 5.32 Å². The van der Waals surface area contributed by atoms with Crippen LogP contribution in [0.1, 0.15) is 24.0 Å². The zero-order chi connectivity index (χ0) is 18.5. The highest BCUT2D eigenvalue weighted by molar-refractivity contribution is 5.76. The summed E-state index contributed by atoms with van der Waals surface area (Å²) in [5.74, 6) is -1.27. The second-order valence-electron chi connectivity index (χ2n) is 6.99. The molecule has 1 amide bonds. The number of nitrogens with one attached hydrogen (secondary N) is 1. The number of hydrogen-bond donors (Lipinski definition) is 1. The van der Waals surface area contributed by atoms with Crippen LogP contribution in [0, 0.1) is 24.5 Å². The fourth-order valence-corrected chi connectivity index (χ4v) is 3.39. The Morgan fingerprint density at radius 1 is 1.19 bits per heavy atom. The normalized spacial score (nSPS) is 16.7. The molecule has 1 aliphatic rings. The van der Waals surface area contributed by atoms with Crippen LogP contribution in [0.5, 0.6) is 0 Å². The van der Waals surface area contributed by atoms with Crippen LogP contribution in [0.2, 0.25) is 0 Å². The van der Waals surface area contributed by atoms with Crippen molar-refractivity contribution in [3.05, 3.63) is 65.2 Å². The summed E-state index contributed by atoms with van der Waals surface area (Å²) in [6.45, 7) is 4.19. The molecule has 2 aromatic carbocycles. The molecule has 3 rings (SSSR count). The van der Waals surface area contributed by atoms with Gasteiger partial charge >= 0.3 is 0 Å². The highest BCUT2D eigenvalue weighted by Gasteiger charge is 2.23. The largest absolute Gasteiger partial charge is 0.371 e. The van der Waals surface area contributed by atoms with Crippen LogP contribution in [0.25, 0.3) is 0 Å². The molecule has 1 N–H and O–H groups in total. The van der Waals surface area contributed by atoms with E-state index >= 15 is 0 Å². The van der Waals surface area contributed by atoms with E-state index in [2.05, 4.69) is 11.4 Å². The summed E-state index contributed by atoms with van der Waals surface area (Å²) in [5, 5.41) is 3.00. The Bertz CT molecular complexity index is 778. The maximum Gasteiger partial charge on any atom is 0.220 e. The van der Waals surface area contributed by atoms with Crippen LogP contribution in [-0.2, 0) is 11.2 Å². The van der Waals surface area contributed by atoms with Gasteiger partial charge in [0.05, 0.1) is 0 Å². The van der Waals surface area contributed by atoms with Crippen LogP contribution < -0.4 is 10.2 Å². The molecule has 0 saturated carbocycles. The Kier molecular flexibility index (Phi) is 5.86. The van der Waals surface area contributed by atoms with Crippen LogP contribution in [0.4, 0.5) is 14.5 Å². The first kappa shape index (κ1) is 18.4. The number of nitrogens with zero attached hydrogens (tertiary/aromatic N) is 1. The molecule has 1 aliphatic heterocycles. The van der Waals surface area contributed by atoms with Gasteiger partial charge in [-0.05, 0) is 43.4 Å². The quantitative estimate of drug-likeness (QED) is 0.851. The second kappa shape index (κ2) is 8.30. The Morgan fingerprint density at radius 2 is 2.04 bits per heavy atom. The second-order valence-corrected chi connectivity index (χ2v) is 6.99. The average molecular weight is 358 g/mol. The van der Waals surface area contributed by atoms with E-state index in [4.69, 9.17) is 0 Å². The zero-order valence-corrected chi connectivity index (χ0v) is 15.0. The van der Waals surface area contributed by atoms with Gasteiger partial charge < -0.3 is 10.2 Å². The first-order valence-electron chi connectivity index (χ1n) is 9.03. The van der Waals surface area contributed by atoms with Crippen molar-refractivity contribution in [2.45, 2.75) is 26.2 Å². The van der Waals surface area contributed by atoms with Crippen molar-refractivity contribution in [3.8, 4) is 0 Å². The van der Waals surface area contributed by atoms with Crippen LogP contribution >= 0.6 is 0 Å². The van der Waals surface area contributed by atoms with Gasteiger partial charge in [0.2, 0.25) is 5.91 Å². The number of carbonyl (C=O) groups is 1. The van der Waals surface area contributed by atoms with Gasteiger partial charge in [-0.3, -0.25) is 4.79 Å². The van der Waals surface area contributed by atoms with E-state index < -0.39 is 11.6 Å². The van der Waals surface area contributed by atoms with Crippen molar-refractivity contribution in [1.29, 1.82) is 0 Å². The van der Waals surface area contributed by atoms with Gasteiger partial charge in [-0.2, -0.15) is 0 Å². The number of aryl methyl sites for hydroxylation is 2. The lowest BCUT2D eigenvalue weighted by molar-refractivity contribution is -0.121. The van der Waals surface area contributed by atoms with Crippen molar-refractivity contribution in [2.75, 3.05) is 24.5 Å². The Labute approximate surface area is 153 Å². The van der Waals surface area contributed by atoms with Crippen LogP contribution in [0.15, 0.2) is 42.5 Å². The third kappa shape index (κ3) is 4.81. The Hall–Kier alpha value is -2.43. The van der Waals surface area contributed by atoms with Gasteiger partial charge in [0.25, 0.3) is 0 Å². The van der Waals surface area contributed by atoms with Gasteiger partial charge in [-0.1, -0.05) is 29.8 Å². The first-order valence-corrected chi connectivity index (χ1v) is 9.03. The topological polar surface area (TPSA) is 32.3 Å². The first-order chi connectivity index (χ1) is 12.5. The van der Waals surface area contributed by atoms with Crippen molar-refractivity contribution in [3.63, 3.8) is 0 Å². The molecule has 0 spiro atoms. The molecule has 1 atom stereocenters. The molecule has 1 heterocycles. The van der Waals surface area contributed by atoms with Crippen LogP contribution in [-0.4, -0.2) is 25.5 Å². The lowest BCUT2D eigenvalue weighted by atomic mass is 10.1. The third-order valence-corrected chi connectivity index (χ3v) is 4.87. The van der Waals surface area contributed by atoms with Crippen molar-refractivity contribution in [2.24, 2.45) is 5.92 Å². The number of hydrogen-bond acceptors (Lipinski definition) is 2. The number of halogens is 2. The molecule has 2 aromatic rings. The summed E-state index contributed by atoms with van der Waals surface area (Å²) >= 11 is 0. The molecular formula is C21H24F2N2O. The van der Waals surface area contributed by atoms with E-state index in [9.17, 15) is 13.6 Å². The number of rotatable bonds is 6. The predicted octanol–water partition coefficient (Wildman–Crippen LogP) is 3.85. The summed E-state index contributed by atoms with van der Waals surface area (Å²) in [6, 6.07) is 12.2. The van der Waals surface area contributed by atoms with Gasteiger partial charge in [0.15, 0.2) is 11.6 Å². The summed E-state index contributed by atoms with van der Waals surface area (Å²) < 4.78 is 26.4. The summed E-state index contributed by atoms with van der Waals surface area (Å²) in [4.78, 5) is 14.1. The van der Waals surface area contributed by atoms with Crippen molar-refractivity contribution < 1.29 is 13.6 Å². The Morgan fingerprint density at radius 3 is 2.81 bits per heavy atom. The number of benzene rings is 2. The lowest BCUT2D eigenvalue weighted by Gasteiger charge is -2.19. The molecule has 0 radical (unpaired) electrons. The zero-order valence-electron chi connectivity index (χ0n) is 15.0. The molecule has 5 heteroatoms. The minimum absolute atomic E-state index is 0.0535. The third-order valence-electron chi connectivity index (χ3n) is 4.87. The number of anilines is 1. The molecule has 138 valence electrons. The molecule has 0 aliphatic carbocycles. The molecule has 1 saturated heterocycles. The molecular weight excluding hydrogens is 334 g/mol. The summed E-state index contributed by atoms with van der Waals surface area (Å²) in [6.07, 6.45) is 2.14. The van der Waals surface area contributed by atoms with Gasteiger partial charge in [0.1, 0.15) is 0 Å².